The Morgan fingerprint density at radius 1 is 0.426 bits per heavy atom. The SMILES string of the molecule is CCCCCCCCCCCCCCCCCCC([C+]1N=CC=N1)C(CCCCCCCCCCCCCCC)Cc1ccccc1. The first kappa shape index (κ1) is 41.6. The van der Waals surface area contributed by atoms with Crippen molar-refractivity contribution in [3.8, 4) is 0 Å². The largest absolute Gasteiger partial charge is 0.244 e. The molecule has 47 heavy (non-hydrogen) atoms. The fraction of sp³-hybridized carbons (Fsp3) is 0.800. The molecule has 0 amide bonds. The molecular formula is C45H79N2+. The molecule has 1 aromatic rings. The van der Waals surface area contributed by atoms with Crippen molar-refractivity contribution < 1.29 is 0 Å². The van der Waals surface area contributed by atoms with Crippen LogP contribution in [0.4, 0.5) is 0 Å². The van der Waals surface area contributed by atoms with Crippen LogP contribution in [-0.2, 0) is 6.42 Å². The van der Waals surface area contributed by atoms with Crippen molar-refractivity contribution in [2.24, 2.45) is 21.8 Å². The summed E-state index contributed by atoms with van der Waals surface area (Å²) in [5, 5.41) is 0. The van der Waals surface area contributed by atoms with Gasteiger partial charge >= 0.3 is 0 Å². The molecular weight excluding hydrogens is 569 g/mol. The molecule has 0 radical (unpaired) electrons. The number of hydrogen-bond acceptors (Lipinski definition) is 2. The number of nitrogens with zero attached hydrogens (tertiary/aromatic N) is 2. The van der Waals surface area contributed by atoms with Gasteiger partial charge in [-0.1, -0.05) is 240 Å². The molecule has 0 spiro atoms. The van der Waals surface area contributed by atoms with Crippen LogP contribution >= 0.6 is 0 Å². The van der Waals surface area contributed by atoms with Gasteiger partial charge in [-0.05, 0) is 30.7 Å². The highest BCUT2D eigenvalue weighted by atomic mass is 15.0. The van der Waals surface area contributed by atoms with E-state index in [1.807, 2.05) is 12.4 Å². The minimum atomic E-state index is 0.495. The van der Waals surface area contributed by atoms with Gasteiger partial charge in [0.25, 0.3) is 0 Å². The summed E-state index contributed by atoms with van der Waals surface area (Å²) in [6.45, 7) is 4.61. The molecule has 2 nitrogen and oxygen atoms in total. The van der Waals surface area contributed by atoms with Crippen LogP contribution < -0.4 is 0 Å². The second kappa shape index (κ2) is 31.7. The lowest BCUT2D eigenvalue weighted by Gasteiger charge is -2.26. The molecule has 0 bridgehead atoms. The predicted octanol–water partition coefficient (Wildman–Crippen LogP) is 15.2. The van der Waals surface area contributed by atoms with Gasteiger partial charge in [0.05, 0.1) is 5.92 Å². The van der Waals surface area contributed by atoms with Gasteiger partial charge in [-0.15, -0.1) is 0 Å². The van der Waals surface area contributed by atoms with Crippen molar-refractivity contribution in [1.82, 2.24) is 0 Å². The van der Waals surface area contributed by atoms with Gasteiger partial charge in [0.15, 0.2) is 12.4 Å². The van der Waals surface area contributed by atoms with Crippen molar-refractivity contribution in [3.63, 3.8) is 0 Å². The fourth-order valence-corrected chi connectivity index (χ4v) is 7.72. The van der Waals surface area contributed by atoms with E-state index in [1.165, 1.54) is 205 Å². The molecule has 0 fully saturated rings. The standard InChI is InChI=1S/C45H79N2/c1-3-5-7-9-11-13-15-17-18-19-21-23-25-27-29-34-38-44(45-46-39-40-47-45)43(41-42-35-31-30-32-36-42)37-33-28-26-24-22-20-16-14-12-10-8-6-4-2/h30-32,35-36,39-40,43-44H,3-29,33-34,37-38,41H2,1-2H3/q+1. The molecule has 1 aliphatic rings. The Labute approximate surface area is 294 Å². The van der Waals surface area contributed by atoms with E-state index in [1.54, 1.807) is 0 Å². The summed E-state index contributed by atoms with van der Waals surface area (Å²) in [5.74, 6) is 1.14. The molecule has 0 aromatic heterocycles. The zero-order valence-corrected chi connectivity index (χ0v) is 31.7. The minimum Gasteiger partial charge on any atom is -0.0965 e. The van der Waals surface area contributed by atoms with Crippen molar-refractivity contribution in [2.75, 3.05) is 0 Å². The Morgan fingerprint density at radius 2 is 0.766 bits per heavy atom. The second-order valence-corrected chi connectivity index (χ2v) is 15.1. The minimum absolute atomic E-state index is 0.495. The van der Waals surface area contributed by atoms with Crippen LogP contribution in [0, 0.1) is 18.0 Å². The van der Waals surface area contributed by atoms with Gasteiger partial charge in [-0.3, -0.25) is 0 Å². The van der Waals surface area contributed by atoms with Gasteiger partial charge in [-0.2, -0.15) is 0 Å². The van der Waals surface area contributed by atoms with Crippen molar-refractivity contribution in [3.05, 3.63) is 42.1 Å². The normalized spacial score (nSPS) is 14.0. The number of unbranched alkanes of at least 4 members (excludes halogenated alkanes) is 27. The summed E-state index contributed by atoms with van der Waals surface area (Å²) in [6.07, 6.45) is 50.0. The second-order valence-electron chi connectivity index (χ2n) is 15.1. The molecule has 2 unspecified atom stereocenters. The van der Waals surface area contributed by atoms with Crippen molar-refractivity contribution >= 4 is 12.4 Å². The summed E-state index contributed by atoms with van der Waals surface area (Å²) in [4.78, 5) is 9.55. The monoisotopic (exact) mass is 648 g/mol. The van der Waals surface area contributed by atoms with Crippen LogP contribution in [0.15, 0.2) is 40.3 Å². The first-order valence-electron chi connectivity index (χ1n) is 21.3. The maximum absolute atomic E-state index is 4.77. The van der Waals surface area contributed by atoms with Gasteiger partial charge in [0, 0.05) is 0 Å². The molecule has 1 aliphatic heterocycles. The van der Waals surface area contributed by atoms with E-state index >= 15 is 0 Å². The van der Waals surface area contributed by atoms with Gasteiger partial charge in [-0.25, -0.2) is 0 Å². The molecule has 0 saturated carbocycles. The zero-order valence-electron chi connectivity index (χ0n) is 31.7. The van der Waals surface area contributed by atoms with Crippen LogP contribution in [-0.4, -0.2) is 12.4 Å². The lowest BCUT2D eigenvalue weighted by Crippen LogP contribution is -2.22. The number of aliphatic imine (C=N–C) groups is 2. The van der Waals surface area contributed by atoms with Crippen LogP contribution in [0.2, 0.25) is 0 Å². The third kappa shape index (κ3) is 23.4. The molecule has 0 N–H and O–H groups in total. The van der Waals surface area contributed by atoms with Crippen LogP contribution in [0.3, 0.4) is 0 Å². The molecule has 2 heteroatoms. The van der Waals surface area contributed by atoms with E-state index < -0.39 is 0 Å². The summed E-state index contributed by atoms with van der Waals surface area (Å²) >= 11 is 0. The molecule has 268 valence electrons. The molecule has 0 saturated heterocycles. The molecule has 0 aliphatic carbocycles. The third-order valence-electron chi connectivity index (χ3n) is 10.8. The van der Waals surface area contributed by atoms with Crippen molar-refractivity contribution in [1.29, 1.82) is 0 Å². The smallest absolute Gasteiger partial charge is 0.0965 e. The predicted molar refractivity (Wildman–Crippen MR) is 212 cm³/mol. The van der Waals surface area contributed by atoms with E-state index in [-0.39, 0.29) is 0 Å². The Kier molecular flexibility index (Phi) is 28.0. The summed E-state index contributed by atoms with van der Waals surface area (Å²) in [5.41, 5.74) is 1.48. The Balaban J connectivity index is 1.62. The molecule has 1 aromatic carbocycles. The highest BCUT2D eigenvalue weighted by Gasteiger charge is 2.35. The van der Waals surface area contributed by atoms with Gasteiger partial charge in [0.1, 0.15) is 0 Å². The molecule has 1 heterocycles. The molecule has 2 atom stereocenters. The average molecular weight is 648 g/mol. The summed E-state index contributed by atoms with van der Waals surface area (Å²) in [6, 6.07) is 11.2. The van der Waals surface area contributed by atoms with E-state index in [2.05, 4.69) is 44.2 Å². The number of rotatable bonds is 35. The van der Waals surface area contributed by atoms with Gasteiger partial charge in [0.2, 0.25) is 6.17 Å². The number of benzene rings is 1. The molecule has 2 rings (SSSR count). The van der Waals surface area contributed by atoms with E-state index in [4.69, 9.17) is 9.98 Å². The van der Waals surface area contributed by atoms with E-state index in [9.17, 15) is 0 Å². The zero-order chi connectivity index (χ0) is 33.3. The first-order chi connectivity index (χ1) is 23.3. The summed E-state index contributed by atoms with van der Waals surface area (Å²) < 4.78 is 0. The van der Waals surface area contributed by atoms with Crippen LogP contribution in [0.5, 0.6) is 0 Å². The Hall–Kier alpha value is -1.57. The highest BCUT2D eigenvalue weighted by Crippen LogP contribution is 2.37. The van der Waals surface area contributed by atoms with Gasteiger partial charge < -0.3 is 0 Å². The third-order valence-corrected chi connectivity index (χ3v) is 10.8. The lowest BCUT2D eigenvalue weighted by molar-refractivity contribution is 0.284. The highest BCUT2D eigenvalue weighted by molar-refractivity contribution is 6.18. The maximum Gasteiger partial charge on any atom is 0.244 e. The van der Waals surface area contributed by atoms with Crippen molar-refractivity contribution in [2.45, 2.75) is 219 Å². The maximum atomic E-state index is 4.77. The topological polar surface area (TPSA) is 24.7 Å². The first-order valence-corrected chi connectivity index (χ1v) is 21.3. The van der Waals surface area contributed by atoms with E-state index in [0.717, 1.165) is 12.6 Å². The van der Waals surface area contributed by atoms with Crippen LogP contribution in [0.1, 0.15) is 218 Å². The lowest BCUT2D eigenvalue weighted by atomic mass is 9.78. The Morgan fingerprint density at radius 3 is 1.15 bits per heavy atom. The summed E-state index contributed by atoms with van der Waals surface area (Å²) in [7, 11) is 0. The quantitative estimate of drug-likeness (QED) is 0.0517. The number of hydrogen-bond donors (Lipinski definition) is 0. The van der Waals surface area contributed by atoms with Crippen LogP contribution in [0.25, 0.3) is 0 Å². The Bertz CT molecular complexity index is 818. The van der Waals surface area contributed by atoms with E-state index in [0.29, 0.717) is 11.8 Å². The fourth-order valence-electron chi connectivity index (χ4n) is 7.72. The average Bonchev–Trinajstić information content (AvgIpc) is 3.63.